The van der Waals surface area contributed by atoms with Gasteiger partial charge in [0.15, 0.2) is 5.60 Å². The summed E-state index contributed by atoms with van der Waals surface area (Å²) < 4.78 is 24.2. The zero-order valence-electron chi connectivity index (χ0n) is 25.7. The van der Waals surface area contributed by atoms with Gasteiger partial charge in [-0.25, -0.2) is 4.79 Å². The molecule has 2 saturated carbocycles. The Kier molecular flexibility index (Phi) is 7.25. The van der Waals surface area contributed by atoms with E-state index in [1.54, 1.807) is 30.3 Å². The van der Waals surface area contributed by atoms with Crippen molar-refractivity contribution in [1.29, 1.82) is 0 Å². The van der Waals surface area contributed by atoms with Gasteiger partial charge in [0.25, 0.3) is 0 Å². The monoisotopic (exact) mass is 582 g/mol. The number of aliphatic hydroxyl groups is 1. The summed E-state index contributed by atoms with van der Waals surface area (Å²) in [6.45, 7) is 13.7. The van der Waals surface area contributed by atoms with Crippen LogP contribution in [0.2, 0.25) is 0 Å². The van der Waals surface area contributed by atoms with E-state index in [1.165, 1.54) is 13.8 Å². The maximum atomic E-state index is 14.9. The van der Waals surface area contributed by atoms with Crippen molar-refractivity contribution in [2.45, 2.75) is 97.7 Å². The SMILES string of the molecule is CC(=O)O[C@H]1C[C@@]2(O)C(OC(=O)c3ccccc3)C3[C@](C)(C(=O)[C@H](C)C(=C1C)C2(C)C)[C@@H](C)C[C@H]1OC[C@@]31OC(C)=O. The van der Waals surface area contributed by atoms with Crippen molar-refractivity contribution in [2.24, 2.45) is 28.6 Å². The fourth-order valence-corrected chi connectivity index (χ4v) is 8.77. The van der Waals surface area contributed by atoms with E-state index in [4.69, 9.17) is 18.9 Å². The Morgan fingerprint density at radius 3 is 2.19 bits per heavy atom. The molecule has 1 aromatic rings. The van der Waals surface area contributed by atoms with Gasteiger partial charge in [-0.05, 0) is 42.5 Å². The second-order valence-electron chi connectivity index (χ2n) is 13.5. The number of ether oxygens (including phenoxy) is 4. The first-order valence-electron chi connectivity index (χ1n) is 14.7. The second-order valence-corrected chi connectivity index (χ2v) is 13.5. The molecule has 3 fully saturated rings. The summed E-state index contributed by atoms with van der Waals surface area (Å²) in [7, 11) is 0. The Labute approximate surface area is 246 Å². The van der Waals surface area contributed by atoms with Gasteiger partial charge in [0.1, 0.15) is 29.7 Å². The maximum absolute atomic E-state index is 14.9. The van der Waals surface area contributed by atoms with E-state index < -0.39 is 70.1 Å². The molecule has 1 heterocycles. The first-order valence-corrected chi connectivity index (χ1v) is 14.7. The van der Waals surface area contributed by atoms with Gasteiger partial charge in [0.05, 0.1) is 18.1 Å². The molecule has 3 aliphatic carbocycles. The van der Waals surface area contributed by atoms with Crippen LogP contribution in [-0.4, -0.2) is 64.9 Å². The maximum Gasteiger partial charge on any atom is 0.338 e. The van der Waals surface area contributed by atoms with Crippen LogP contribution in [0.15, 0.2) is 41.5 Å². The molecule has 1 N–H and O–H groups in total. The number of hydrogen-bond acceptors (Lipinski definition) is 9. The first-order chi connectivity index (χ1) is 19.5. The predicted molar refractivity (Wildman–Crippen MR) is 151 cm³/mol. The van der Waals surface area contributed by atoms with Crippen LogP contribution >= 0.6 is 0 Å². The molecular formula is C33H42O9. The molecule has 4 aliphatic rings. The summed E-state index contributed by atoms with van der Waals surface area (Å²) in [6, 6.07) is 8.43. The second kappa shape index (κ2) is 10.0. The lowest BCUT2D eigenvalue weighted by molar-refractivity contribution is -0.339. The van der Waals surface area contributed by atoms with Crippen LogP contribution in [-0.2, 0) is 33.3 Å². The van der Waals surface area contributed by atoms with Crippen LogP contribution in [0, 0.1) is 28.6 Å². The van der Waals surface area contributed by atoms with Crippen molar-refractivity contribution >= 4 is 23.7 Å². The minimum Gasteiger partial charge on any atom is -0.458 e. The van der Waals surface area contributed by atoms with Crippen LogP contribution in [0.4, 0.5) is 0 Å². The van der Waals surface area contributed by atoms with E-state index in [9.17, 15) is 24.3 Å². The molecule has 9 nitrogen and oxygen atoms in total. The minimum atomic E-state index is -1.84. The Bertz CT molecular complexity index is 1350. The largest absolute Gasteiger partial charge is 0.458 e. The first kappa shape index (κ1) is 30.4. The van der Waals surface area contributed by atoms with Gasteiger partial charge in [-0.3, -0.25) is 14.4 Å². The fraction of sp³-hybridized carbons (Fsp3) is 0.636. The zero-order valence-corrected chi connectivity index (χ0v) is 25.7. The molecule has 0 aromatic heterocycles. The van der Waals surface area contributed by atoms with Gasteiger partial charge >= 0.3 is 17.9 Å². The molecule has 1 saturated heterocycles. The minimum absolute atomic E-state index is 0.00310. The third-order valence-electron chi connectivity index (χ3n) is 11.0. The average Bonchev–Trinajstić information content (AvgIpc) is 2.90. The number of carbonyl (C=O) groups excluding carboxylic acids is 4. The summed E-state index contributed by atoms with van der Waals surface area (Å²) >= 11 is 0. The highest BCUT2D eigenvalue weighted by molar-refractivity contribution is 5.92. The summed E-state index contributed by atoms with van der Waals surface area (Å²) in [5, 5.41) is 13.1. The molecule has 1 aromatic carbocycles. The molecule has 9 heteroatoms. The van der Waals surface area contributed by atoms with Crippen molar-refractivity contribution in [3.8, 4) is 0 Å². The molecule has 2 bridgehead atoms. The highest BCUT2D eigenvalue weighted by Gasteiger charge is 2.77. The quantitative estimate of drug-likeness (QED) is 0.316. The topological polar surface area (TPSA) is 125 Å². The number of hydrogen-bond donors (Lipinski definition) is 1. The van der Waals surface area contributed by atoms with Gasteiger partial charge in [-0.15, -0.1) is 0 Å². The zero-order chi connectivity index (χ0) is 31.0. The number of rotatable bonds is 4. The Morgan fingerprint density at radius 2 is 1.64 bits per heavy atom. The van der Waals surface area contributed by atoms with Crippen LogP contribution in [0.3, 0.4) is 0 Å². The van der Waals surface area contributed by atoms with E-state index >= 15 is 0 Å². The highest BCUT2D eigenvalue weighted by atomic mass is 16.6. The molecule has 42 heavy (non-hydrogen) atoms. The Hall–Kier alpha value is -3.04. The predicted octanol–water partition coefficient (Wildman–Crippen LogP) is 4.20. The molecule has 0 spiro atoms. The van der Waals surface area contributed by atoms with Crippen LogP contribution in [0.5, 0.6) is 0 Å². The number of carbonyl (C=O) groups is 4. The van der Waals surface area contributed by atoms with Gasteiger partial charge in [-0.1, -0.05) is 52.8 Å². The molecule has 5 rings (SSSR count). The van der Waals surface area contributed by atoms with Crippen molar-refractivity contribution in [1.82, 2.24) is 0 Å². The van der Waals surface area contributed by atoms with Gasteiger partial charge in [0, 0.05) is 37.0 Å². The number of Topliss-reactive ketones (excluding diaryl/α,β-unsaturated/α-hetero) is 1. The molecule has 2 unspecified atom stereocenters. The lowest BCUT2D eigenvalue weighted by Gasteiger charge is -2.68. The van der Waals surface area contributed by atoms with E-state index in [1.807, 2.05) is 41.5 Å². The van der Waals surface area contributed by atoms with E-state index in [2.05, 4.69) is 0 Å². The molecule has 9 atom stereocenters. The summed E-state index contributed by atoms with van der Waals surface area (Å²) in [5.74, 6) is -3.77. The average molecular weight is 583 g/mol. The molecule has 1 aliphatic heterocycles. The molecular weight excluding hydrogens is 540 g/mol. The lowest BCUT2D eigenvalue weighted by atomic mass is 9.42. The van der Waals surface area contributed by atoms with Crippen molar-refractivity contribution in [2.75, 3.05) is 6.61 Å². The van der Waals surface area contributed by atoms with Gasteiger partial charge < -0.3 is 24.1 Å². The molecule has 0 amide bonds. The smallest absolute Gasteiger partial charge is 0.338 e. The number of ketones is 1. The van der Waals surface area contributed by atoms with Gasteiger partial charge in [0.2, 0.25) is 0 Å². The van der Waals surface area contributed by atoms with Crippen LogP contribution in [0.25, 0.3) is 0 Å². The summed E-state index contributed by atoms with van der Waals surface area (Å²) in [5.41, 5.74) is -3.80. The summed E-state index contributed by atoms with van der Waals surface area (Å²) in [4.78, 5) is 53.6. The van der Waals surface area contributed by atoms with Crippen molar-refractivity contribution in [3.05, 3.63) is 47.0 Å². The van der Waals surface area contributed by atoms with Crippen LogP contribution < -0.4 is 0 Å². The number of benzene rings is 1. The number of fused-ring (bicyclic) bond motifs is 5. The third kappa shape index (κ3) is 4.10. The van der Waals surface area contributed by atoms with Crippen molar-refractivity contribution < 1.29 is 43.2 Å². The Morgan fingerprint density at radius 1 is 1.00 bits per heavy atom. The van der Waals surface area contributed by atoms with E-state index in [0.717, 1.165) is 0 Å². The Balaban J connectivity index is 1.82. The summed E-state index contributed by atoms with van der Waals surface area (Å²) in [6.07, 6.45) is -2.37. The molecule has 0 radical (unpaired) electrons. The van der Waals surface area contributed by atoms with Gasteiger partial charge in [-0.2, -0.15) is 0 Å². The van der Waals surface area contributed by atoms with E-state index in [0.29, 0.717) is 17.6 Å². The normalized spacial score (nSPS) is 40.4. The number of esters is 3. The van der Waals surface area contributed by atoms with E-state index in [-0.39, 0.29) is 30.3 Å². The van der Waals surface area contributed by atoms with Crippen LogP contribution in [0.1, 0.15) is 78.6 Å². The standard InChI is InChI=1S/C33H42O9/c1-17-14-24-32(16-39-24,42-21(5)35)26-28(41-29(37)22-12-10-9-11-13-22)33(38)15-23(40-20(4)34)18(2)25(30(33,6)7)19(3)27(36)31(17,26)8/h9-13,17,19,23-24,26,28,38H,14-16H2,1-8H3/t17-,19+,23-,24+,26?,28?,31+,32-,33+/m0/s1. The highest BCUT2D eigenvalue weighted by Crippen LogP contribution is 2.66. The lowest BCUT2D eigenvalue weighted by Crippen LogP contribution is -2.80. The van der Waals surface area contributed by atoms with Crippen molar-refractivity contribution in [3.63, 3.8) is 0 Å². The fourth-order valence-electron chi connectivity index (χ4n) is 8.77. The molecule has 228 valence electrons. The third-order valence-corrected chi connectivity index (χ3v) is 11.0.